The van der Waals surface area contributed by atoms with Gasteiger partial charge in [-0.1, -0.05) is 44.2 Å². The van der Waals surface area contributed by atoms with Crippen molar-refractivity contribution in [2.45, 2.75) is 26.3 Å². The van der Waals surface area contributed by atoms with E-state index in [1.165, 1.54) is 5.56 Å². The fourth-order valence-electron chi connectivity index (χ4n) is 1.50. The van der Waals surface area contributed by atoms with Gasteiger partial charge in [-0.05, 0) is 24.4 Å². The zero-order valence-electron chi connectivity index (χ0n) is 9.61. The van der Waals surface area contributed by atoms with Crippen LogP contribution < -0.4 is 5.32 Å². The Morgan fingerprint density at radius 2 is 1.87 bits per heavy atom. The first-order chi connectivity index (χ1) is 7.22. The van der Waals surface area contributed by atoms with Crippen LogP contribution in [0.15, 0.2) is 30.3 Å². The van der Waals surface area contributed by atoms with Crippen LogP contribution in [0.25, 0.3) is 0 Å². The van der Waals surface area contributed by atoms with Gasteiger partial charge in [0.05, 0.1) is 6.61 Å². The smallest absolute Gasteiger partial charge is 0.0587 e. The summed E-state index contributed by atoms with van der Waals surface area (Å²) in [5, 5.41) is 12.6. The number of hydrogen-bond acceptors (Lipinski definition) is 2. The van der Waals surface area contributed by atoms with Crippen LogP contribution in [0, 0.1) is 5.92 Å². The van der Waals surface area contributed by atoms with Crippen LogP contribution in [0.4, 0.5) is 0 Å². The molecular weight excluding hydrogens is 186 g/mol. The zero-order chi connectivity index (χ0) is 11.1. The molecule has 2 heteroatoms. The summed E-state index contributed by atoms with van der Waals surface area (Å²) in [5.74, 6) is 0.620. The second kappa shape index (κ2) is 6.59. The van der Waals surface area contributed by atoms with E-state index in [0.29, 0.717) is 5.92 Å². The van der Waals surface area contributed by atoms with Gasteiger partial charge in [0.25, 0.3) is 0 Å². The molecule has 0 bridgehead atoms. The minimum Gasteiger partial charge on any atom is -0.395 e. The van der Waals surface area contributed by atoms with Crippen molar-refractivity contribution in [3.8, 4) is 0 Å². The molecule has 1 aromatic rings. The van der Waals surface area contributed by atoms with Crippen molar-refractivity contribution in [2.24, 2.45) is 5.92 Å². The standard InChI is InChI=1S/C13H21NO/c1-11(2)9-14-13(10-15)8-12-6-4-3-5-7-12/h3-7,11,13-15H,8-10H2,1-2H3/t13-/m1/s1. The summed E-state index contributed by atoms with van der Waals surface area (Å²) in [6, 6.07) is 10.5. The lowest BCUT2D eigenvalue weighted by Crippen LogP contribution is -2.36. The van der Waals surface area contributed by atoms with Crippen molar-refractivity contribution in [1.82, 2.24) is 5.32 Å². The summed E-state index contributed by atoms with van der Waals surface area (Å²) in [6.07, 6.45) is 0.893. The number of nitrogens with one attached hydrogen (secondary N) is 1. The second-order valence-electron chi connectivity index (χ2n) is 4.37. The molecule has 0 aliphatic heterocycles. The molecule has 0 aliphatic carbocycles. The topological polar surface area (TPSA) is 32.3 Å². The van der Waals surface area contributed by atoms with Gasteiger partial charge < -0.3 is 10.4 Å². The SMILES string of the molecule is CC(C)CN[C@@H](CO)Cc1ccccc1. The molecule has 0 fully saturated rings. The average Bonchev–Trinajstić information content (AvgIpc) is 2.25. The maximum Gasteiger partial charge on any atom is 0.0587 e. The molecule has 84 valence electrons. The molecule has 15 heavy (non-hydrogen) atoms. The molecular formula is C13H21NO. The Morgan fingerprint density at radius 3 is 2.40 bits per heavy atom. The molecule has 0 spiro atoms. The lowest BCUT2D eigenvalue weighted by atomic mass is 10.1. The fourth-order valence-corrected chi connectivity index (χ4v) is 1.50. The molecule has 2 nitrogen and oxygen atoms in total. The van der Waals surface area contributed by atoms with Gasteiger partial charge in [-0.2, -0.15) is 0 Å². The van der Waals surface area contributed by atoms with Crippen LogP contribution >= 0.6 is 0 Å². The van der Waals surface area contributed by atoms with Gasteiger partial charge in [0.1, 0.15) is 0 Å². The Bertz CT molecular complexity index is 258. The van der Waals surface area contributed by atoms with Crippen LogP contribution in [0.2, 0.25) is 0 Å². The Kier molecular flexibility index (Phi) is 5.37. The molecule has 0 radical (unpaired) electrons. The van der Waals surface area contributed by atoms with Gasteiger partial charge in [0, 0.05) is 6.04 Å². The molecule has 0 aromatic heterocycles. The summed E-state index contributed by atoms with van der Waals surface area (Å²) >= 11 is 0. The molecule has 0 saturated carbocycles. The largest absolute Gasteiger partial charge is 0.395 e. The molecule has 0 unspecified atom stereocenters. The van der Waals surface area contributed by atoms with Crippen molar-refractivity contribution < 1.29 is 5.11 Å². The Morgan fingerprint density at radius 1 is 1.20 bits per heavy atom. The maximum absolute atomic E-state index is 9.24. The van der Waals surface area contributed by atoms with E-state index >= 15 is 0 Å². The highest BCUT2D eigenvalue weighted by atomic mass is 16.3. The number of hydrogen-bond donors (Lipinski definition) is 2. The molecule has 0 saturated heterocycles. The monoisotopic (exact) mass is 207 g/mol. The fraction of sp³-hybridized carbons (Fsp3) is 0.538. The highest BCUT2D eigenvalue weighted by molar-refractivity contribution is 5.15. The minimum atomic E-state index is 0.176. The lowest BCUT2D eigenvalue weighted by molar-refractivity contribution is 0.238. The first-order valence-electron chi connectivity index (χ1n) is 5.60. The van der Waals surface area contributed by atoms with E-state index < -0.39 is 0 Å². The third-order valence-electron chi connectivity index (χ3n) is 2.36. The van der Waals surface area contributed by atoms with E-state index in [2.05, 4.69) is 31.3 Å². The van der Waals surface area contributed by atoms with Crippen LogP contribution in [0.1, 0.15) is 19.4 Å². The lowest BCUT2D eigenvalue weighted by Gasteiger charge is -2.17. The van der Waals surface area contributed by atoms with Gasteiger partial charge >= 0.3 is 0 Å². The Hall–Kier alpha value is -0.860. The highest BCUT2D eigenvalue weighted by Crippen LogP contribution is 2.03. The predicted molar refractivity (Wildman–Crippen MR) is 63.9 cm³/mol. The first kappa shape index (κ1) is 12.2. The van der Waals surface area contributed by atoms with E-state index in [4.69, 9.17) is 0 Å². The molecule has 0 heterocycles. The van der Waals surface area contributed by atoms with Gasteiger partial charge in [-0.15, -0.1) is 0 Å². The number of rotatable bonds is 6. The van der Waals surface area contributed by atoms with E-state index in [0.717, 1.165) is 13.0 Å². The third kappa shape index (κ3) is 4.96. The van der Waals surface area contributed by atoms with Crippen molar-refractivity contribution in [3.05, 3.63) is 35.9 Å². The van der Waals surface area contributed by atoms with Gasteiger partial charge in [0.15, 0.2) is 0 Å². The van der Waals surface area contributed by atoms with Crippen molar-refractivity contribution in [3.63, 3.8) is 0 Å². The minimum absolute atomic E-state index is 0.176. The van der Waals surface area contributed by atoms with Crippen molar-refractivity contribution >= 4 is 0 Å². The summed E-state index contributed by atoms with van der Waals surface area (Å²) in [5.41, 5.74) is 1.27. The summed E-state index contributed by atoms with van der Waals surface area (Å²) in [4.78, 5) is 0. The highest BCUT2D eigenvalue weighted by Gasteiger charge is 2.07. The Balaban J connectivity index is 2.40. The van der Waals surface area contributed by atoms with E-state index in [1.807, 2.05) is 18.2 Å². The van der Waals surface area contributed by atoms with Gasteiger partial charge in [-0.25, -0.2) is 0 Å². The predicted octanol–water partition coefficient (Wildman–Crippen LogP) is 1.84. The van der Waals surface area contributed by atoms with Crippen LogP contribution in [-0.2, 0) is 6.42 Å². The maximum atomic E-state index is 9.24. The molecule has 0 amide bonds. The summed E-state index contributed by atoms with van der Waals surface area (Å²) in [7, 11) is 0. The molecule has 1 aromatic carbocycles. The van der Waals surface area contributed by atoms with Crippen LogP contribution in [-0.4, -0.2) is 24.3 Å². The van der Waals surface area contributed by atoms with Crippen LogP contribution in [0.3, 0.4) is 0 Å². The number of benzene rings is 1. The summed E-state index contributed by atoms with van der Waals surface area (Å²) in [6.45, 7) is 5.49. The number of aliphatic hydroxyl groups excluding tert-OH is 1. The second-order valence-corrected chi connectivity index (χ2v) is 4.37. The third-order valence-corrected chi connectivity index (χ3v) is 2.36. The van der Waals surface area contributed by atoms with Crippen molar-refractivity contribution in [1.29, 1.82) is 0 Å². The summed E-state index contributed by atoms with van der Waals surface area (Å²) < 4.78 is 0. The molecule has 1 atom stereocenters. The number of aliphatic hydroxyl groups is 1. The average molecular weight is 207 g/mol. The zero-order valence-corrected chi connectivity index (χ0v) is 9.61. The first-order valence-corrected chi connectivity index (χ1v) is 5.60. The Labute approximate surface area is 92.3 Å². The van der Waals surface area contributed by atoms with E-state index in [-0.39, 0.29) is 12.6 Å². The van der Waals surface area contributed by atoms with Crippen molar-refractivity contribution in [2.75, 3.05) is 13.2 Å². The van der Waals surface area contributed by atoms with Gasteiger partial charge in [0.2, 0.25) is 0 Å². The van der Waals surface area contributed by atoms with Gasteiger partial charge in [-0.3, -0.25) is 0 Å². The molecule has 0 aliphatic rings. The van der Waals surface area contributed by atoms with Crippen LogP contribution in [0.5, 0.6) is 0 Å². The van der Waals surface area contributed by atoms with E-state index in [9.17, 15) is 5.11 Å². The molecule has 1 rings (SSSR count). The molecule has 2 N–H and O–H groups in total. The quantitative estimate of drug-likeness (QED) is 0.746. The normalized spacial score (nSPS) is 13.1. The van der Waals surface area contributed by atoms with E-state index in [1.54, 1.807) is 0 Å².